The molecule has 6 heteroatoms. The van der Waals surface area contributed by atoms with Crippen LogP contribution < -0.4 is 9.47 Å². The van der Waals surface area contributed by atoms with Crippen LogP contribution in [0.2, 0.25) is 0 Å². The molecule has 1 aromatic rings. The van der Waals surface area contributed by atoms with E-state index in [-0.39, 0.29) is 21.8 Å². The van der Waals surface area contributed by atoms with E-state index in [4.69, 9.17) is 9.47 Å². The van der Waals surface area contributed by atoms with Crippen molar-refractivity contribution in [1.29, 1.82) is 0 Å². The fourth-order valence-corrected chi connectivity index (χ4v) is 1.50. The lowest BCUT2D eigenvalue weighted by molar-refractivity contribution is 0.145. The molecule has 0 aliphatic carbocycles. The maximum Gasteiger partial charge on any atom is 0.270 e. The van der Waals surface area contributed by atoms with Gasteiger partial charge in [-0.2, -0.15) is 0 Å². The highest BCUT2D eigenvalue weighted by Gasteiger charge is 2.20. The third-order valence-electron chi connectivity index (χ3n) is 1.60. The Kier molecular flexibility index (Phi) is 3.62. The lowest BCUT2D eigenvalue weighted by Gasteiger charge is -2.10. The number of nitrogens with zero attached hydrogens (tertiary/aromatic N) is 1. The van der Waals surface area contributed by atoms with Gasteiger partial charge in [0.15, 0.2) is 0 Å². The van der Waals surface area contributed by atoms with E-state index < -0.39 is 6.43 Å². The molecule has 0 atom stereocenters. The minimum absolute atomic E-state index is 0.0312. The van der Waals surface area contributed by atoms with Gasteiger partial charge in [0.25, 0.3) is 6.43 Å². The van der Waals surface area contributed by atoms with Crippen LogP contribution in [0.15, 0.2) is 10.7 Å². The summed E-state index contributed by atoms with van der Waals surface area (Å²) in [5, 5.41) is 0. The Morgan fingerprint density at radius 3 is 2.43 bits per heavy atom. The molecule has 0 saturated heterocycles. The van der Waals surface area contributed by atoms with Crippen molar-refractivity contribution in [2.45, 2.75) is 6.43 Å². The van der Waals surface area contributed by atoms with Gasteiger partial charge in [-0.15, -0.1) is 0 Å². The molecule has 1 rings (SSSR count). The molecule has 1 aromatic heterocycles. The van der Waals surface area contributed by atoms with E-state index in [2.05, 4.69) is 20.9 Å². The average molecular weight is 268 g/mol. The number of alkyl halides is 2. The van der Waals surface area contributed by atoms with Crippen molar-refractivity contribution in [2.24, 2.45) is 0 Å². The molecule has 3 nitrogen and oxygen atoms in total. The second-order valence-corrected chi connectivity index (χ2v) is 3.12. The van der Waals surface area contributed by atoms with E-state index in [9.17, 15) is 8.78 Å². The monoisotopic (exact) mass is 267 g/mol. The van der Waals surface area contributed by atoms with E-state index in [0.29, 0.717) is 0 Å². The van der Waals surface area contributed by atoms with Crippen LogP contribution in [-0.4, -0.2) is 19.2 Å². The SMILES string of the molecule is COc1cc(OC)c(C(F)F)c(Br)n1. The van der Waals surface area contributed by atoms with Gasteiger partial charge in [0.1, 0.15) is 10.4 Å². The molecule has 0 aromatic carbocycles. The molecule has 0 radical (unpaired) electrons. The van der Waals surface area contributed by atoms with Crippen LogP contribution in [0.25, 0.3) is 0 Å². The number of aromatic nitrogens is 1. The van der Waals surface area contributed by atoms with E-state index >= 15 is 0 Å². The van der Waals surface area contributed by atoms with Crippen LogP contribution in [0.3, 0.4) is 0 Å². The summed E-state index contributed by atoms with van der Waals surface area (Å²) in [7, 11) is 2.71. The molecule has 14 heavy (non-hydrogen) atoms. The summed E-state index contributed by atoms with van der Waals surface area (Å²) in [6, 6.07) is 1.31. The van der Waals surface area contributed by atoms with Crippen LogP contribution in [0.5, 0.6) is 11.6 Å². The smallest absolute Gasteiger partial charge is 0.270 e. The largest absolute Gasteiger partial charge is 0.496 e. The Labute approximate surface area is 88.2 Å². The topological polar surface area (TPSA) is 31.4 Å². The molecule has 78 valence electrons. The Balaban J connectivity index is 3.27. The summed E-state index contributed by atoms with van der Waals surface area (Å²) in [4.78, 5) is 3.76. The highest BCUT2D eigenvalue weighted by atomic mass is 79.9. The number of halogens is 3. The van der Waals surface area contributed by atoms with Crippen LogP contribution in [0.4, 0.5) is 8.78 Å². The fourth-order valence-electron chi connectivity index (χ4n) is 0.952. The zero-order chi connectivity index (χ0) is 10.7. The van der Waals surface area contributed by atoms with Crippen LogP contribution >= 0.6 is 15.9 Å². The van der Waals surface area contributed by atoms with Gasteiger partial charge < -0.3 is 9.47 Å². The molecule has 0 saturated carbocycles. The Bertz CT molecular complexity index is 333. The molecular formula is C8H8BrF2NO2. The van der Waals surface area contributed by atoms with Gasteiger partial charge in [-0.3, -0.25) is 0 Å². The molecule has 0 fully saturated rings. The van der Waals surface area contributed by atoms with E-state index in [0.717, 1.165) is 0 Å². The second kappa shape index (κ2) is 4.54. The highest BCUT2D eigenvalue weighted by molar-refractivity contribution is 9.10. The summed E-state index contributed by atoms with van der Waals surface area (Å²) < 4.78 is 34.7. The van der Waals surface area contributed by atoms with Crippen LogP contribution in [0, 0.1) is 0 Å². The van der Waals surface area contributed by atoms with Crippen molar-refractivity contribution in [1.82, 2.24) is 4.98 Å². The molecule has 0 spiro atoms. The molecule has 0 amide bonds. The summed E-state index contributed by atoms with van der Waals surface area (Å²) in [6.45, 7) is 0. The van der Waals surface area contributed by atoms with Crippen molar-refractivity contribution >= 4 is 15.9 Å². The number of pyridine rings is 1. The summed E-state index contributed by atoms with van der Waals surface area (Å²) in [5.41, 5.74) is -0.270. The van der Waals surface area contributed by atoms with Crippen molar-refractivity contribution < 1.29 is 18.3 Å². The Morgan fingerprint density at radius 2 is 2.00 bits per heavy atom. The zero-order valence-electron chi connectivity index (χ0n) is 7.55. The van der Waals surface area contributed by atoms with Gasteiger partial charge in [0.05, 0.1) is 19.8 Å². The first-order valence-electron chi connectivity index (χ1n) is 3.66. The van der Waals surface area contributed by atoms with Gasteiger partial charge >= 0.3 is 0 Å². The van der Waals surface area contributed by atoms with E-state index in [1.165, 1.54) is 20.3 Å². The second-order valence-electron chi connectivity index (χ2n) is 2.37. The number of ether oxygens (including phenoxy) is 2. The maximum atomic E-state index is 12.5. The van der Waals surface area contributed by atoms with Crippen molar-refractivity contribution in [3.63, 3.8) is 0 Å². The molecule has 1 heterocycles. The molecular weight excluding hydrogens is 260 g/mol. The van der Waals surface area contributed by atoms with E-state index in [1.807, 2.05) is 0 Å². The lowest BCUT2D eigenvalue weighted by atomic mass is 10.2. The van der Waals surface area contributed by atoms with Gasteiger partial charge in [-0.25, -0.2) is 13.8 Å². The number of methoxy groups -OCH3 is 2. The third-order valence-corrected chi connectivity index (χ3v) is 2.20. The van der Waals surface area contributed by atoms with Crippen LogP contribution in [0.1, 0.15) is 12.0 Å². The van der Waals surface area contributed by atoms with Crippen LogP contribution in [-0.2, 0) is 0 Å². The van der Waals surface area contributed by atoms with Gasteiger partial charge in [0, 0.05) is 6.07 Å². The Hall–Kier alpha value is -0.910. The van der Waals surface area contributed by atoms with Crippen molar-refractivity contribution in [2.75, 3.05) is 14.2 Å². The number of rotatable bonds is 3. The highest BCUT2D eigenvalue weighted by Crippen LogP contribution is 2.36. The summed E-state index contributed by atoms with van der Waals surface area (Å²) >= 11 is 2.93. The van der Waals surface area contributed by atoms with Gasteiger partial charge in [-0.05, 0) is 15.9 Å². The predicted molar refractivity (Wildman–Crippen MR) is 50.0 cm³/mol. The molecule has 0 unspecified atom stereocenters. The quantitative estimate of drug-likeness (QED) is 0.790. The lowest BCUT2D eigenvalue weighted by Crippen LogP contribution is -1.98. The van der Waals surface area contributed by atoms with Crippen molar-refractivity contribution in [3.05, 3.63) is 16.2 Å². The first-order valence-corrected chi connectivity index (χ1v) is 4.46. The number of hydrogen-bond donors (Lipinski definition) is 0. The maximum absolute atomic E-state index is 12.5. The third kappa shape index (κ3) is 2.12. The molecule has 0 N–H and O–H groups in total. The molecule has 0 aliphatic heterocycles. The average Bonchev–Trinajstić information content (AvgIpc) is 2.15. The van der Waals surface area contributed by atoms with E-state index in [1.54, 1.807) is 0 Å². The summed E-state index contributed by atoms with van der Waals surface area (Å²) in [6.07, 6.45) is -2.64. The minimum atomic E-state index is -2.64. The fraction of sp³-hybridized carbons (Fsp3) is 0.375. The van der Waals surface area contributed by atoms with Gasteiger partial charge in [0.2, 0.25) is 5.88 Å². The van der Waals surface area contributed by atoms with Crippen molar-refractivity contribution in [3.8, 4) is 11.6 Å². The van der Waals surface area contributed by atoms with Gasteiger partial charge in [-0.1, -0.05) is 0 Å². The normalized spacial score (nSPS) is 10.4. The zero-order valence-corrected chi connectivity index (χ0v) is 9.14. The standard InChI is InChI=1S/C8H8BrF2NO2/c1-13-4-3-5(14-2)12-7(9)6(4)8(10)11/h3,8H,1-2H3. The minimum Gasteiger partial charge on any atom is -0.496 e. The number of hydrogen-bond acceptors (Lipinski definition) is 3. The molecule has 0 aliphatic rings. The molecule has 0 bridgehead atoms. The first kappa shape index (κ1) is 11.2. The Morgan fingerprint density at radius 1 is 1.36 bits per heavy atom. The summed E-state index contributed by atoms with van der Waals surface area (Å²) in [5.74, 6) is 0.275. The predicted octanol–water partition coefficient (Wildman–Crippen LogP) is 2.80. The first-order chi connectivity index (χ1) is 6.60.